The van der Waals surface area contributed by atoms with Crippen LogP contribution in [0.5, 0.6) is 5.75 Å². The molecule has 0 radical (unpaired) electrons. The first-order valence-corrected chi connectivity index (χ1v) is 11.1. The third-order valence-electron chi connectivity index (χ3n) is 6.54. The number of carbonyl (C=O) groups excluding carboxylic acids is 1. The van der Waals surface area contributed by atoms with E-state index in [0.717, 1.165) is 37.2 Å². The number of amides is 1. The number of rotatable bonds is 7. The standard InChI is InChI=1S/C25H30N2O5/c1-25(18-27(23(28)16-32-25)21-8-3-2-4-9-21)20-11-13-26(14-12-20)15-19-7-5-6-10-22(19)31-17-24(29)30/h2-10,20H,11-18H2,1H3,(H,29,30)/t25-/m0/s1. The van der Waals surface area contributed by atoms with E-state index in [1.807, 2.05) is 59.5 Å². The average molecular weight is 439 g/mol. The number of hydrogen-bond acceptors (Lipinski definition) is 5. The molecule has 7 nitrogen and oxygen atoms in total. The van der Waals surface area contributed by atoms with Crippen molar-refractivity contribution in [2.24, 2.45) is 5.92 Å². The molecule has 1 atom stereocenters. The van der Waals surface area contributed by atoms with Gasteiger partial charge in [0.2, 0.25) is 0 Å². The topological polar surface area (TPSA) is 79.3 Å². The summed E-state index contributed by atoms with van der Waals surface area (Å²) in [5.74, 6) is 0.00151. The molecule has 32 heavy (non-hydrogen) atoms. The van der Waals surface area contributed by atoms with E-state index in [4.69, 9.17) is 14.6 Å². The number of likely N-dealkylation sites (tertiary alicyclic amines) is 1. The number of para-hydroxylation sites is 2. The van der Waals surface area contributed by atoms with E-state index >= 15 is 0 Å². The molecule has 7 heteroatoms. The maximum absolute atomic E-state index is 12.5. The van der Waals surface area contributed by atoms with Gasteiger partial charge in [-0.25, -0.2) is 4.79 Å². The van der Waals surface area contributed by atoms with E-state index in [1.165, 1.54) is 0 Å². The number of piperidine rings is 1. The molecule has 0 aliphatic carbocycles. The Hall–Kier alpha value is -2.90. The fourth-order valence-electron chi connectivity index (χ4n) is 4.70. The minimum atomic E-state index is -0.982. The van der Waals surface area contributed by atoms with Crippen LogP contribution in [0.4, 0.5) is 5.69 Å². The SMILES string of the molecule is C[C@@]1(C2CCN(Cc3ccccc3OCC(=O)O)CC2)CN(c2ccccc2)C(=O)CO1. The summed E-state index contributed by atoms with van der Waals surface area (Å²) < 4.78 is 11.6. The van der Waals surface area contributed by atoms with Gasteiger partial charge in [-0.15, -0.1) is 0 Å². The first kappa shape index (κ1) is 22.3. The maximum Gasteiger partial charge on any atom is 0.341 e. The molecule has 0 bridgehead atoms. The number of benzene rings is 2. The van der Waals surface area contributed by atoms with Crippen molar-refractivity contribution in [3.05, 3.63) is 60.2 Å². The van der Waals surface area contributed by atoms with Gasteiger partial charge in [-0.1, -0.05) is 36.4 Å². The highest BCUT2D eigenvalue weighted by molar-refractivity contribution is 5.95. The minimum Gasteiger partial charge on any atom is -0.482 e. The monoisotopic (exact) mass is 438 g/mol. The van der Waals surface area contributed by atoms with Crippen molar-refractivity contribution in [3.63, 3.8) is 0 Å². The van der Waals surface area contributed by atoms with E-state index in [0.29, 0.717) is 24.8 Å². The molecule has 2 aromatic rings. The second-order valence-electron chi connectivity index (χ2n) is 8.76. The van der Waals surface area contributed by atoms with Crippen LogP contribution in [0.3, 0.4) is 0 Å². The van der Waals surface area contributed by atoms with E-state index in [-0.39, 0.29) is 24.7 Å². The Morgan fingerprint density at radius 1 is 1.12 bits per heavy atom. The number of morpholine rings is 1. The van der Waals surface area contributed by atoms with Crippen molar-refractivity contribution in [1.29, 1.82) is 0 Å². The summed E-state index contributed by atoms with van der Waals surface area (Å²) in [6.45, 7) is 5.00. The van der Waals surface area contributed by atoms with Crippen LogP contribution in [0.15, 0.2) is 54.6 Å². The lowest BCUT2D eigenvalue weighted by molar-refractivity contribution is -0.146. The molecule has 0 saturated carbocycles. The van der Waals surface area contributed by atoms with Gasteiger partial charge in [0.25, 0.3) is 5.91 Å². The van der Waals surface area contributed by atoms with E-state index in [9.17, 15) is 9.59 Å². The first-order valence-electron chi connectivity index (χ1n) is 11.1. The summed E-state index contributed by atoms with van der Waals surface area (Å²) in [5, 5.41) is 8.90. The molecule has 2 fully saturated rings. The predicted molar refractivity (Wildman–Crippen MR) is 121 cm³/mol. The molecule has 0 spiro atoms. The molecular formula is C25H30N2O5. The van der Waals surface area contributed by atoms with Crippen LogP contribution in [0.25, 0.3) is 0 Å². The van der Waals surface area contributed by atoms with Gasteiger partial charge in [-0.3, -0.25) is 9.69 Å². The van der Waals surface area contributed by atoms with E-state index in [1.54, 1.807) is 0 Å². The number of carboxylic acids is 1. The second kappa shape index (κ2) is 9.71. The van der Waals surface area contributed by atoms with Gasteiger partial charge in [-0.05, 0) is 57.0 Å². The summed E-state index contributed by atoms with van der Waals surface area (Å²) in [6, 6.07) is 17.4. The molecule has 170 valence electrons. The highest BCUT2D eigenvalue weighted by Crippen LogP contribution is 2.36. The van der Waals surface area contributed by atoms with Crippen molar-refractivity contribution in [3.8, 4) is 5.75 Å². The van der Waals surface area contributed by atoms with Crippen molar-refractivity contribution in [2.45, 2.75) is 31.9 Å². The molecule has 2 aromatic carbocycles. The van der Waals surface area contributed by atoms with E-state index < -0.39 is 5.97 Å². The van der Waals surface area contributed by atoms with Gasteiger partial charge < -0.3 is 19.5 Å². The molecule has 2 saturated heterocycles. The van der Waals surface area contributed by atoms with Gasteiger partial charge in [0.15, 0.2) is 6.61 Å². The highest BCUT2D eigenvalue weighted by atomic mass is 16.5. The third-order valence-corrected chi connectivity index (χ3v) is 6.54. The summed E-state index contributed by atoms with van der Waals surface area (Å²) in [6.07, 6.45) is 1.96. The van der Waals surface area contributed by atoms with Gasteiger partial charge in [0, 0.05) is 17.8 Å². The van der Waals surface area contributed by atoms with Crippen LogP contribution in [0.1, 0.15) is 25.3 Å². The van der Waals surface area contributed by atoms with Crippen molar-refractivity contribution >= 4 is 17.6 Å². The van der Waals surface area contributed by atoms with Crippen molar-refractivity contribution in [2.75, 3.05) is 37.7 Å². The van der Waals surface area contributed by atoms with Crippen LogP contribution in [-0.2, 0) is 20.9 Å². The number of anilines is 1. The molecule has 1 N–H and O–H groups in total. The Morgan fingerprint density at radius 3 is 2.53 bits per heavy atom. The van der Waals surface area contributed by atoms with E-state index in [2.05, 4.69) is 11.8 Å². The number of carboxylic acid groups (broad SMARTS) is 1. The quantitative estimate of drug-likeness (QED) is 0.715. The fourth-order valence-corrected chi connectivity index (χ4v) is 4.70. The highest BCUT2D eigenvalue weighted by Gasteiger charge is 2.43. The van der Waals surface area contributed by atoms with Crippen LogP contribution >= 0.6 is 0 Å². The molecule has 2 heterocycles. The largest absolute Gasteiger partial charge is 0.482 e. The van der Waals surface area contributed by atoms with Crippen LogP contribution in [-0.4, -0.2) is 60.3 Å². The normalized spacial score (nSPS) is 22.7. The summed E-state index contributed by atoms with van der Waals surface area (Å²) in [7, 11) is 0. The maximum atomic E-state index is 12.5. The Balaban J connectivity index is 1.37. The van der Waals surface area contributed by atoms with Crippen molar-refractivity contribution in [1.82, 2.24) is 4.90 Å². The van der Waals surface area contributed by atoms with Gasteiger partial charge in [0.05, 0.1) is 12.1 Å². The van der Waals surface area contributed by atoms with Crippen LogP contribution in [0, 0.1) is 5.92 Å². The average Bonchev–Trinajstić information content (AvgIpc) is 2.81. The zero-order valence-electron chi connectivity index (χ0n) is 18.4. The predicted octanol–water partition coefficient (Wildman–Crippen LogP) is 3.18. The summed E-state index contributed by atoms with van der Waals surface area (Å²) in [5.41, 5.74) is 1.54. The lowest BCUT2D eigenvalue weighted by Crippen LogP contribution is -2.58. The molecule has 0 aromatic heterocycles. The number of carbonyl (C=O) groups is 2. The third kappa shape index (κ3) is 5.11. The van der Waals surface area contributed by atoms with Crippen LogP contribution in [0.2, 0.25) is 0 Å². The molecule has 1 amide bonds. The molecular weight excluding hydrogens is 408 g/mol. The van der Waals surface area contributed by atoms with Gasteiger partial charge in [0.1, 0.15) is 12.4 Å². The van der Waals surface area contributed by atoms with Gasteiger partial charge in [-0.2, -0.15) is 0 Å². The Morgan fingerprint density at radius 2 is 1.81 bits per heavy atom. The molecule has 0 unspecified atom stereocenters. The number of aliphatic carboxylic acids is 1. The minimum absolute atomic E-state index is 0.00378. The molecule has 2 aliphatic heterocycles. The summed E-state index contributed by atoms with van der Waals surface area (Å²) in [4.78, 5) is 27.6. The lowest BCUT2D eigenvalue weighted by atomic mass is 9.80. The zero-order chi connectivity index (χ0) is 22.6. The molecule has 4 rings (SSSR count). The second-order valence-corrected chi connectivity index (χ2v) is 8.76. The summed E-state index contributed by atoms with van der Waals surface area (Å²) >= 11 is 0. The Kier molecular flexibility index (Phi) is 6.77. The van der Waals surface area contributed by atoms with Crippen LogP contribution < -0.4 is 9.64 Å². The first-order chi connectivity index (χ1) is 15.4. The fraction of sp³-hybridized carbons (Fsp3) is 0.440. The Bertz CT molecular complexity index is 942. The number of ether oxygens (including phenoxy) is 2. The van der Waals surface area contributed by atoms with Crippen molar-refractivity contribution < 1.29 is 24.2 Å². The number of nitrogens with zero attached hydrogens (tertiary/aromatic N) is 2. The molecule has 2 aliphatic rings. The Labute approximate surface area is 188 Å². The smallest absolute Gasteiger partial charge is 0.341 e. The lowest BCUT2D eigenvalue weighted by Gasteiger charge is -2.47. The zero-order valence-corrected chi connectivity index (χ0v) is 18.4. The van der Waals surface area contributed by atoms with Gasteiger partial charge >= 0.3 is 5.97 Å². The number of hydrogen-bond donors (Lipinski definition) is 1.